The molecule has 1 aromatic heterocycles. The number of halogens is 1. The summed E-state index contributed by atoms with van der Waals surface area (Å²) in [5.74, 6) is 1.43. The minimum absolute atomic E-state index is 0. The summed E-state index contributed by atoms with van der Waals surface area (Å²) in [4.78, 5) is 22.7. The Morgan fingerprint density at radius 3 is 2.87 bits per heavy atom. The van der Waals surface area contributed by atoms with E-state index in [2.05, 4.69) is 38.8 Å². The number of fused-ring (bicyclic) bond motifs is 1. The number of benzene rings is 1. The highest BCUT2D eigenvalue weighted by molar-refractivity contribution is 14.0. The molecule has 0 radical (unpaired) electrons. The number of likely N-dealkylation sites (tertiary alicyclic amines) is 1. The molecule has 1 aromatic carbocycles. The van der Waals surface area contributed by atoms with Crippen molar-refractivity contribution in [1.82, 2.24) is 15.1 Å². The first kappa shape index (κ1) is 24.0. The molecule has 0 saturated carbocycles. The van der Waals surface area contributed by atoms with Crippen molar-refractivity contribution < 1.29 is 9.53 Å². The summed E-state index contributed by atoms with van der Waals surface area (Å²) in [7, 11) is 1.78. The minimum Gasteiger partial charge on any atom is -0.376 e. The molecule has 2 aliphatic rings. The Kier molecular flexibility index (Phi) is 9.15. The van der Waals surface area contributed by atoms with Gasteiger partial charge in [-0.15, -0.1) is 35.3 Å². The lowest BCUT2D eigenvalue weighted by Gasteiger charge is -2.28. The van der Waals surface area contributed by atoms with E-state index in [1.165, 1.54) is 16.0 Å². The molecule has 2 aromatic rings. The highest BCUT2D eigenvalue weighted by Crippen LogP contribution is 2.24. The first-order chi connectivity index (χ1) is 14.7. The zero-order chi connectivity index (χ0) is 20.8. The number of nitrogens with zero attached hydrogens (tertiary/aromatic N) is 3. The third-order valence-corrected chi connectivity index (χ3v) is 6.84. The maximum absolute atomic E-state index is 12.7. The van der Waals surface area contributed by atoms with E-state index in [0.29, 0.717) is 12.5 Å². The van der Waals surface area contributed by atoms with Gasteiger partial charge in [0, 0.05) is 44.0 Å². The van der Waals surface area contributed by atoms with E-state index < -0.39 is 0 Å². The van der Waals surface area contributed by atoms with E-state index >= 15 is 0 Å². The molecule has 1 saturated heterocycles. The molecule has 1 fully saturated rings. The van der Waals surface area contributed by atoms with Gasteiger partial charge in [-0.1, -0.05) is 30.3 Å². The van der Waals surface area contributed by atoms with Crippen LogP contribution in [0.4, 0.5) is 0 Å². The highest BCUT2D eigenvalue weighted by atomic mass is 127. The molecule has 168 valence electrons. The van der Waals surface area contributed by atoms with Crippen LogP contribution in [-0.4, -0.2) is 61.5 Å². The van der Waals surface area contributed by atoms with Gasteiger partial charge in [-0.2, -0.15) is 0 Å². The summed E-state index contributed by atoms with van der Waals surface area (Å²) in [5, 5.41) is 5.39. The molecule has 0 aliphatic carbocycles. The summed E-state index contributed by atoms with van der Waals surface area (Å²) < 4.78 is 5.92. The molecule has 1 N–H and O–H groups in total. The fraction of sp³-hybridized carbons (Fsp3) is 0.478. The molecule has 31 heavy (non-hydrogen) atoms. The van der Waals surface area contributed by atoms with Gasteiger partial charge in [0.15, 0.2) is 5.96 Å². The zero-order valence-electron chi connectivity index (χ0n) is 18.0. The second-order valence-corrected chi connectivity index (χ2v) is 8.94. The van der Waals surface area contributed by atoms with Gasteiger partial charge in [0.1, 0.15) is 0 Å². The Hall–Kier alpha value is -1.65. The van der Waals surface area contributed by atoms with Gasteiger partial charge in [0.2, 0.25) is 5.91 Å². The van der Waals surface area contributed by atoms with Crippen LogP contribution in [0.5, 0.6) is 0 Å². The van der Waals surface area contributed by atoms with E-state index in [1.54, 1.807) is 18.4 Å². The van der Waals surface area contributed by atoms with Crippen LogP contribution in [0.25, 0.3) is 0 Å². The number of ether oxygens (including phenoxy) is 1. The lowest BCUT2D eigenvalue weighted by molar-refractivity contribution is -0.130. The molecular weight excluding hydrogens is 523 g/mol. The van der Waals surface area contributed by atoms with Crippen LogP contribution >= 0.6 is 35.3 Å². The number of nitrogens with one attached hydrogen (secondary N) is 1. The number of carbonyl (C=O) groups excluding carboxylic acids is 1. The molecule has 1 unspecified atom stereocenters. The summed E-state index contributed by atoms with van der Waals surface area (Å²) >= 11 is 1.79. The normalized spacial score (nSPS) is 18.5. The van der Waals surface area contributed by atoms with Crippen molar-refractivity contribution in [1.29, 1.82) is 0 Å². The van der Waals surface area contributed by atoms with E-state index in [4.69, 9.17) is 4.74 Å². The standard InChI is InChI=1S/C23H30N4O2S.HI/c1-24-23(25-13-22(28)26-11-8-21-20(15-26)9-12-30-21)27-10-7-19(14-27)17-29-16-18-5-3-2-4-6-18;/h2-6,9,12,19H,7-8,10-11,13-17H2,1H3,(H,24,25);1H. The largest absolute Gasteiger partial charge is 0.376 e. The lowest BCUT2D eigenvalue weighted by Crippen LogP contribution is -2.46. The molecule has 4 rings (SSSR count). The first-order valence-electron chi connectivity index (χ1n) is 10.6. The molecule has 6 nitrogen and oxygen atoms in total. The Bertz CT molecular complexity index is 873. The summed E-state index contributed by atoms with van der Waals surface area (Å²) in [6.07, 6.45) is 2.04. The van der Waals surface area contributed by atoms with Gasteiger partial charge < -0.3 is 19.9 Å². The Balaban J connectivity index is 0.00000272. The van der Waals surface area contributed by atoms with Crippen molar-refractivity contribution in [2.45, 2.75) is 26.0 Å². The number of hydrogen-bond acceptors (Lipinski definition) is 4. The number of rotatable bonds is 6. The van der Waals surface area contributed by atoms with Crippen LogP contribution in [0.15, 0.2) is 46.8 Å². The van der Waals surface area contributed by atoms with E-state index in [0.717, 1.165) is 51.6 Å². The maximum Gasteiger partial charge on any atom is 0.242 e. The predicted molar refractivity (Wildman–Crippen MR) is 136 cm³/mol. The molecule has 1 amide bonds. The maximum atomic E-state index is 12.7. The van der Waals surface area contributed by atoms with E-state index in [9.17, 15) is 4.79 Å². The van der Waals surface area contributed by atoms with Gasteiger partial charge in [-0.3, -0.25) is 9.79 Å². The second-order valence-electron chi connectivity index (χ2n) is 7.94. The highest BCUT2D eigenvalue weighted by Gasteiger charge is 2.26. The van der Waals surface area contributed by atoms with Crippen molar-refractivity contribution in [2.75, 3.05) is 39.8 Å². The van der Waals surface area contributed by atoms with Crippen LogP contribution in [0.1, 0.15) is 22.4 Å². The predicted octanol–water partition coefficient (Wildman–Crippen LogP) is 3.36. The van der Waals surface area contributed by atoms with E-state index in [-0.39, 0.29) is 36.4 Å². The number of carbonyl (C=O) groups is 1. The van der Waals surface area contributed by atoms with E-state index in [1.807, 2.05) is 23.1 Å². The van der Waals surface area contributed by atoms with Crippen molar-refractivity contribution in [3.63, 3.8) is 0 Å². The van der Waals surface area contributed by atoms with Gasteiger partial charge in [0.25, 0.3) is 0 Å². The molecular formula is C23H31IN4O2S. The second kappa shape index (κ2) is 11.8. The number of aliphatic imine (C=N–C) groups is 1. The Morgan fingerprint density at radius 1 is 1.23 bits per heavy atom. The van der Waals surface area contributed by atoms with Gasteiger partial charge in [-0.05, 0) is 35.4 Å². The monoisotopic (exact) mass is 554 g/mol. The van der Waals surface area contributed by atoms with Crippen molar-refractivity contribution in [3.8, 4) is 0 Å². The Labute approximate surface area is 205 Å². The summed E-state index contributed by atoms with van der Waals surface area (Å²) in [6.45, 7) is 5.07. The summed E-state index contributed by atoms with van der Waals surface area (Å²) in [5.41, 5.74) is 2.50. The molecule has 0 bridgehead atoms. The topological polar surface area (TPSA) is 57.2 Å². The van der Waals surface area contributed by atoms with Crippen LogP contribution in [0.3, 0.4) is 0 Å². The molecule has 1 atom stereocenters. The van der Waals surface area contributed by atoms with Gasteiger partial charge in [-0.25, -0.2) is 0 Å². The SMILES string of the molecule is CN=C(NCC(=O)N1CCc2sccc2C1)N1CCC(COCc2ccccc2)C1.I. The minimum atomic E-state index is 0. The number of amides is 1. The third kappa shape index (κ3) is 6.43. The molecule has 0 spiro atoms. The van der Waals surface area contributed by atoms with Crippen LogP contribution in [0.2, 0.25) is 0 Å². The number of thiophene rings is 1. The quantitative estimate of drug-likeness (QED) is 0.338. The molecule has 3 heterocycles. The molecule has 2 aliphatic heterocycles. The van der Waals surface area contributed by atoms with Gasteiger partial charge >= 0.3 is 0 Å². The first-order valence-corrected chi connectivity index (χ1v) is 11.5. The molecule has 8 heteroatoms. The van der Waals surface area contributed by atoms with Crippen molar-refractivity contribution in [2.24, 2.45) is 10.9 Å². The third-order valence-electron chi connectivity index (χ3n) is 5.82. The number of guanidine groups is 1. The van der Waals surface area contributed by atoms with Crippen molar-refractivity contribution >= 4 is 47.2 Å². The average Bonchev–Trinajstić information content (AvgIpc) is 3.44. The van der Waals surface area contributed by atoms with Crippen molar-refractivity contribution in [3.05, 3.63) is 57.8 Å². The summed E-state index contributed by atoms with van der Waals surface area (Å²) in [6, 6.07) is 12.4. The lowest BCUT2D eigenvalue weighted by atomic mass is 10.1. The fourth-order valence-corrected chi connectivity index (χ4v) is 5.03. The van der Waals surface area contributed by atoms with Crippen LogP contribution in [-0.2, 0) is 29.1 Å². The number of hydrogen-bond donors (Lipinski definition) is 1. The van der Waals surface area contributed by atoms with Crippen LogP contribution in [0, 0.1) is 5.92 Å². The zero-order valence-corrected chi connectivity index (χ0v) is 21.1. The average molecular weight is 554 g/mol. The fourth-order valence-electron chi connectivity index (χ4n) is 4.14. The van der Waals surface area contributed by atoms with Crippen LogP contribution < -0.4 is 5.32 Å². The van der Waals surface area contributed by atoms with Gasteiger partial charge in [0.05, 0.1) is 19.8 Å². The Morgan fingerprint density at radius 2 is 2.06 bits per heavy atom. The smallest absolute Gasteiger partial charge is 0.242 e.